The summed E-state index contributed by atoms with van der Waals surface area (Å²) in [7, 11) is 1.69. The predicted octanol–water partition coefficient (Wildman–Crippen LogP) is 2.10. The number of para-hydroxylation sites is 1. The van der Waals surface area contributed by atoms with Gasteiger partial charge in [0.25, 0.3) is 17.4 Å². The topological polar surface area (TPSA) is 132 Å². The summed E-state index contributed by atoms with van der Waals surface area (Å²) < 4.78 is 8.06. The fourth-order valence-corrected chi connectivity index (χ4v) is 5.86. The molecule has 11 nitrogen and oxygen atoms in total. The van der Waals surface area contributed by atoms with Gasteiger partial charge in [0.1, 0.15) is 17.8 Å². The first-order valence-corrected chi connectivity index (χ1v) is 12.3. The Kier molecular flexibility index (Phi) is 6.74. The van der Waals surface area contributed by atoms with Gasteiger partial charge in [-0.05, 0) is 49.7 Å². The van der Waals surface area contributed by atoms with Crippen molar-refractivity contribution in [1.29, 1.82) is 0 Å². The summed E-state index contributed by atoms with van der Waals surface area (Å²) >= 11 is 0. The molecule has 198 valence electrons. The van der Waals surface area contributed by atoms with E-state index < -0.39 is 48.1 Å². The molecule has 0 unspecified atom stereocenters. The first kappa shape index (κ1) is 26.2. The number of aromatic nitrogens is 2. The molecule has 2 N–H and O–H groups in total. The van der Waals surface area contributed by atoms with E-state index in [1.54, 1.807) is 42.9 Å². The number of hydrogen-bond acceptors (Lipinski definition) is 6. The van der Waals surface area contributed by atoms with Crippen LogP contribution in [0.5, 0.6) is 0 Å². The zero-order chi connectivity index (χ0) is 27.1. The molecule has 2 fully saturated rings. The van der Waals surface area contributed by atoms with Crippen molar-refractivity contribution in [2.24, 2.45) is 18.4 Å². The highest BCUT2D eigenvalue weighted by Crippen LogP contribution is 2.46. The number of carbonyl (C=O) groups is 4. The lowest BCUT2D eigenvalue weighted by atomic mass is 9.64. The zero-order valence-corrected chi connectivity index (χ0v) is 21.8. The minimum Gasteiger partial charge on any atom is -0.454 e. The van der Waals surface area contributed by atoms with Gasteiger partial charge in [-0.25, -0.2) is 9.48 Å². The molecule has 0 bridgehead atoms. The second-order valence-corrected chi connectivity index (χ2v) is 10.9. The molecule has 37 heavy (non-hydrogen) atoms. The molecule has 11 heteroatoms. The van der Waals surface area contributed by atoms with Crippen LogP contribution in [-0.4, -0.2) is 56.8 Å². The highest BCUT2D eigenvalue weighted by atomic mass is 16.5. The summed E-state index contributed by atoms with van der Waals surface area (Å²) in [6.07, 6.45) is 1.93. The molecular formula is C26H33N5O6. The highest BCUT2D eigenvalue weighted by molar-refractivity contribution is 6.09. The molecule has 1 saturated carbocycles. The lowest BCUT2D eigenvalue weighted by Gasteiger charge is -2.43. The van der Waals surface area contributed by atoms with E-state index in [0.29, 0.717) is 24.2 Å². The number of nitrogens with zero attached hydrogens (tertiary/aromatic N) is 3. The fourth-order valence-electron chi connectivity index (χ4n) is 5.86. The van der Waals surface area contributed by atoms with Crippen LogP contribution >= 0.6 is 0 Å². The zero-order valence-electron chi connectivity index (χ0n) is 21.8. The number of imide groups is 1. The van der Waals surface area contributed by atoms with Crippen LogP contribution in [0.3, 0.4) is 0 Å². The van der Waals surface area contributed by atoms with E-state index in [4.69, 9.17) is 4.74 Å². The number of carbonyl (C=O) groups excluding carboxylic acids is 4. The number of urea groups is 1. The second kappa shape index (κ2) is 9.53. The Balaban J connectivity index is 1.37. The van der Waals surface area contributed by atoms with Gasteiger partial charge in [-0.3, -0.25) is 28.8 Å². The first-order valence-electron chi connectivity index (χ1n) is 12.3. The fraction of sp³-hybridized carbons (Fsp3) is 0.500. The number of anilines is 1. The Hall–Kier alpha value is -3.89. The third-order valence-electron chi connectivity index (χ3n) is 7.09. The van der Waals surface area contributed by atoms with Gasteiger partial charge in [0.2, 0.25) is 0 Å². The molecular weight excluding hydrogens is 478 g/mol. The Bertz CT molecular complexity index is 1310. The van der Waals surface area contributed by atoms with E-state index in [1.165, 1.54) is 4.68 Å². The smallest absolute Gasteiger partial charge is 0.326 e. The van der Waals surface area contributed by atoms with E-state index in [0.717, 1.165) is 11.3 Å². The number of rotatable bonds is 6. The normalized spacial score (nSPS) is 22.7. The van der Waals surface area contributed by atoms with Gasteiger partial charge >= 0.3 is 12.0 Å². The van der Waals surface area contributed by atoms with Gasteiger partial charge < -0.3 is 15.4 Å². The van der Waals surface area contributed by atoms with Crippen LogP contribution in [0.2, 0.25) is 0 Å². The molecule has 1 aromatic carbocycles. The van der Waals surface area contributed by atoms with Gasteiger partial charge in [-0.15, -0.1) is 0 Å². The lowest BCUT2D eigenvalue weighted by Crippen LogP contribution is -2.54. The van der Waals surface area contributed by atoms with Crippen molar-refractivity contribution < 1.29 is 23.9 Å². The third-order valence-corrected chi connectivity index (χ3v) is 7.09. The molecule has 2 heterocycles. The average Bonchev–Trinajstić information content (AvgIpc) is 3.15. The molecule has 1 spiro atoms. The number of ether oxygens (including phenoxy) is 1. The number of amides is 4. The van der Waals surface area contributed by atoms with E-state index in [9.17, 15) is 24.0 Å². The standard InChI is InChI=1S/C26H33N5O6/c1-16-11-25(3,4)15-26(12-16)23(35)30(24(36)28-26)13-20(33)37-14-19(32)27-21-17(2)29(5)31(22(21)34)18-9-7-6-8-10-18/h6-10,16H,11-15H2,1-5H3,(H,27,32)(H,28,36)/t16-,26-/m1/s1. The van der Waals surface area contributed by atoms with Crippen molar-refractivity contribution >= 4 is 29.5 Å². The molecule has 1 aliphatic carbocycles. The SMILES string of the molecule is Cc1c(NC(=O)COC(=O)CN2C(=O)N[C@@]3(C[C@H](C)CC(C)(C)C3)C2=O)c(=O)n(-c2ccccc2)n1C. The Morgan fingerprint density at radius 3 is 2.46 bits per heavy atom. The van der Waals surface area contributed by atoms with Crippen LogP contribution in [0, 0.1) is 18.3 Å². The minimum absolute atomic E-state index is 0.0671. The predicted molar refractivity (Wildman–Crippen MR) is 135 cm³/mol. The van der Waals surface area contributed by atoms with Crippen molar-refractivity contribution in [2.45, 2.75) is 52.5 Å². The summed E-state index contributed by atoms with van der Waals surface area (Å²) in [5.74, 6) is -1.82. The van der Waals surface area contributed by atoms with Crippen molar-refractivity contribution in [2.75, 3.05) is 18.5 Å². The van der Waals surface area contributed by atoms with Gasteiger partial charge in [0, 0.05) is 7.05 Å². The summed E-state index contributed by atoms with van der Waals surface area (Å²) in [5, 5.41) is 5.31. The average molecular weight is 512 g/mol. The highest BCUT2D eigenvalue weighted by Gasteiger charge is 2.56. The van der Waals surface area contributed by atoms with E-state index in [-0.39, 0.29) is 17.0 Å². The third kappa shape index (κ3) is 5.03. The largest absolute Gasteiger partial charge is 0.454 e. The molecule has 1 aliphatic heterocycles. The van der Waals surface area contributed by atoms with Crippen molar-refractivity contribution in [3.05, 3.63) is 46.4 Å². The molecule has 2 atom stereocenters. The van der Waals surface area contributed by atoms with Gasteiger partial charge in [-0.1, -0.05) is 39.0 Å². The maximum atomic E-state index is 13.2. The Morgan fingerprint density at radius 2 is 1.81 bits per heavy atom. The molecule has 0 radical (unpaired) electrons. The molecule has 2 aliphatic rings. The summed E-state index contributed by atoms with van der Waals surface area (Å²) in [4.78, 5) is 64.5. The number of hydrogen-bond donors (Lipinski definition) is 2. The van der Waals surface area contributed by atoms with Crippen LogP contribution in [0.15, 0.2) is 35.1 Å². The van der Waals surface area contributed by atoms with E-state index in [2.05, 4.69) is 24.5 Å². The van der Waals surface area contributed by atoms with Gasteiger partial charge in [0.15, 0.2) is 6.61 Å². The van der Waals surface area contributed by atoms with Gasteiger partial charge in [0.05, 0.1) is 11.4 Å². The van der Waals surface area contributed by atoms with Crippen LogP contribution < -0.4 is 16.2 Å². The van der Waals surface area contributed by atoms with E-state index >= 15 is 0 Å². The summed E-state index contributed by atoms with van der Waals surface area (Å²) in [6.45, 7) is 6.57. The quantitative estimate of drug-likeness (QED) is 0.451. The molecule has 4 amide bonds. The maximum Gasteiger partial charge on any atom is 0.326 e. The Morgan fingerprint density at radius 1 is 1.14 bits per heavy atom. The lowest BCUT2D eigenvalue weighted by molar-refractivity contribution is -0.150. The number of esters is 1. The van der Waals surface area contributed by atoms with Crippen molar-refractivity contribution in [3.8, 4) is 5.69 Å². The summed E-state index contributed by atoms with van der Waals surface area (Å²) in [5.41, 5.74) is -0.379. The van der Waals surface area contributed by atoms with Crippen LogP contribution in [0.25, 0.3) is 5.69 Å². The first-order chi connectivity index (χ1) is 17.3. The monoisotopic (exact) mass is 511 g/mol. The maximum absolute atomic E-state index is 13.2. The Labute approximate surface area is 214 Å². The molecule has 1 saturated heterocycles. The van der Waals surface area contributed by atoms with Crippen LogP contribution in [0.1, 0.15) is 45.7 Å². The van der Waals surface area contributed by atoms with Crippen LogP contribution in [0.4, 0.5) is 10.5 Å². The molecule has 2 aromatic rings. The van der Waals surface area contributed by atoms with Crippen molar-refractivity contribution in [3.63, 3.8) is 0 Å². The molecule has 1 aromatic heterocycles. The van der Waals surface area contributed by atoms with E-state index in [1.807, 2.05) is 13.0 Å². The number of nitrogens with one attached hydrogen (secondary N) is 2. The van der Waals surface area contributed by atoms with Gasteiger partial charge in [-0.2, -0.15) is 0 Å². The molecule has 4 rings (SSSR count). The van der Waals surface area contributed by atoms with Crippen LogP contribution in [-0.2, 0) is 26.2 Å². The second-order valence-electron chi connectivity index (χ2n) is 10.9. The summed E-state index contributed by atoms with van der Waals surface area (Å²) in [6, 6.07) is 8.32. The minimum atomic E-state index is -1.03. The van der Waals surface area contributed by atoms with Crippen molar-refractivity contribution in [1.82, 2.24) is 19.6 Å². The number of benzene rings is 1.